The Morgan fingerprint density at radius 2 is 1.80 bits per heavy atom. The maximum absolute atomic E-state index is 13.4. The van der Waals surface area contributed by atoms with Crippen LogP contribution in [-0.2, 0) is 12.4 Å². The molecule has 0 aliphatic rings. The molecule has 0 fully saturated rings. The van der Waals surface area contributed by atoms with Crippen molar-refractivity contribution in [2.45, 2.75) is 25.3 Å². The van der Waals surface area contributed by atoms with Crippen LogP contribution in [0.25, 0.3) is 0 Å². The molecule has 0 saturated carbocycles. The van der Waals surface area contributed by atoms with E-state index >= 15 is 0 Å². The van der Waals surface area contributed by atoms with Crippen LogP contribution in [0.2, 0.25) is 0 Å². The van der Waals surface area contributed by atoms with E-state index in [-0.39, 0.29) is 17.4 Å². The highest BCUT2D eigenvalue weighted by Gasteiger charge is 2.39. The molecule has 1 amide bonds. The largest absolute Gasteiger partial charge is 0.416 e. The van der Waals surface area contributed by atoms with E-state index < -0.39 is 41.0 Å². The predicted octanol–water partition coefficient (Wildman–Crippen LogP) is 4.57. The van der Waals surface area contributed by atoms with Crippen LogP contribution in [0.5, 0.6) is 0 Å². The Kier molecular flexibility index (Phi) is 5.51. The smallest absolute Gasteiger partial charge is 0.318 e. The molecule has 1 atom stereocenters. The van der Waals surface area contributed by atoms with E-state index in [1.165, 1.54) is 37.9 Å². The van der Waals surface area contributed by atoms with Crippen molar-refractivity contribution in [1.29, 1.82) is 0 Å². The van der Waals surface area contributed by atoms with Gasteiger partial charge < -0.3 is 5.32 Å². The molecule has 6 nitrogen and oxygen atoms in total. The van der Waals surface area contributed by atoms with Crippen LogP contribution in [-0.4, -0.2) is 25.7 Å². The van der Waals surface area contributed by atoms with Crippen LogP contribution in [0.15, 0.2) is 49.2 Å². The highest BCUT2D eigenvalue weighted by Crippen LogP contribution is 2.39. The van der Waals surface area contributed by atoms with Crippen LogP contribution < -0.4 is 5.32 Å². The summed E-state index contributed by atoms with van der Waals surface area (Å²) in [6.07, 6.45) is -3.55. The van der Waals surface area contributed by atoms with Crippen LogP contribution >= 0.6 is 0 Å². The van der Waals surface area contributed by atoms with Crippen molar-refractivity contribution in [2.75, 3.05) is 5.32 Å². The molecule has 0 aliphatic heterocycles. The van der Waals surface area contributed by atoms with Crippen molar-refractivity contribution in [2.24, 2.45) is 0 Å². The van der Waals surface area contributed by atoms with Gasteiger partial charge in [0, 0.05) is 18.6 Å². The van der Waals surface area contributed by atoms with Gasteiger partial charge in [-0.1, -0.05) is 6.07 Å². The molecule has 0 spiro atoms. The monoisotopic (exact) mass is 429 g/mol. The van der Waals surface area contributed by atoms with Gasteiger partial charge in [0.1, 0.15) is 5.69 Å². The van der Waals surface area contributed by atoms with E-state index in [0.717, 1.165) is 10.7 Å². The average molecular weight is 429 g/mol. The number of alkyl halides is 6. The molecule has 1 N–H and O–H groups in total. The van der Waals surface area contributed by atoms with E-state index in [4.69, 9.17) is 0 Å². The highest BCUT2D eigenvalue weighted by atomic mass is 19.4. The molecule has 12 heteroatoms. The summed E-state index contributed by atoms with van der Waals surface area (Å²) in [5, 5.41) is 6.37. The summed E-state index contributed by atoms with van der Waals surface area (Å²) in [6, 6.07) is 0.370. The minimum Gasteiger partial charge on any atom is -0.318 e. The number of nitrogens with one attached hydrogen (secondary N) is 1. The lowest BCUT2D eigenvalue weighted by atomic mass is 9.98. The zero-order valence-corrected chi connectivity index (χ0v) is 15.2. The number of benzene rings is 1. The Labute approximate surface area is 165 Å². The number of hydrogen-bond acceptors (Lipinski definition) is 4. The van der Waals surface area contributed by atoms with Crippen LogP contribution in [0.1, 0.15) is 40.1 Å². The van der Waals surface area contributed by atoms with Gasteiger partial charge in [0.2, 0.25) is 0 Å². The van der Waals surface area contributed by atoms with E-state index in [1.807, 2.05) is 0 Å². The summed E-state index contributed by atoms with van der Waals surface area (Å²) in [6.45, 7) is 1.35. The molecule has 3 aromatic rings. The van der Waals surface area contributed by atoms with Crippen molar-refractivity contribution in [3.05, 3.63) is 71.6 Å². The van der Waals surface area contributed by atoms with Crippen molar-refractivity contribution in [3.63, 3.8) is 0 Å². The lowest BCUT2D eigenvalue weighted by Gasteiger charge is -2.20. The second-order valence-corrected chi connectivity index (χ2v) is 6.23. The Morgan fingerprint density at radius 3 is 2.40 bits per heavy atom. The molecular formula is C18H13F6N5O. The minimum atomic E-state index is -5.00. The second kappa shape index (κ2) is 7.76. The van der Waals surface area contributed by atoms with Gasteiger partial charge in [-0.25, -0.2) is 4.98 Å². The Morgan fingerprint density at radius 1 is 1.07 bits per heavy atom. The van der Waals surface area contributed by atoms with Crippen molar-refractivity contribution in [3.8, 4) is 0 Å². The molecule has 3 rings (SSSR count). The third-order valence-corrected chi connectivity index (χ3v) is 4.19. The average Bonchev–Trinajstić information content (AvgIpc) is 3.14. The van der Waals surface area contributed by atoms with Crippen molar-refractivity contribution < 1.29 is 31.1 Å². The summed E-state index contributed by atoms with van der Waals surface area (Å²) in [5.74, 6) is -0.610. The quantitative estimate of drug-likeness (QED) is 0.617. The molecule has 2 heterocycles. The minimum absolute atomic E-state index is 0.0143. The number of aromatic nitrogens is 4. The summed E-state index contributed by atoms with van der Waals surface area (Å²) >= 11 is 0. The molecule has 1 unspecified atom stereocenters. The zero-order chi connectivity index (χ0) is 22.1. The number of hydrogen-bond donors (Lipinski definition) is 1. The standard InChI is InChI=1S/C18H13F6N5O/c1-10(13-3-2-11(17(19,20)21)6-14(13)18(22,23)24)29-9-12(7-27-29)28-16(30)15-8-25-4-5-26-15/h2-10H,1H3,(H,28,30). The lowest BCUT2D eigenvalue weighted by molar-refractivity contribution is -0.143. The van der Waals surface area contributed by atoms with Gasteiger partial charge in [-0.2, -0.15) is 31.4 Å². The number of carbonyl (C=O) groups is 1. The first kappa shape index (κ1) is 21.3. The van der Waals surface area contributed by atoms with E-state index in [0.29, 0.717) is 6.07 Å². The fraction of sp³-hybridized carbons (Fsp3) is 0.222. The maximum Gasteiger partial charge on any atom is 0.416 e. The molecule has 158 valence electrons. The number of halogens is 6. The zero-order valence-electron chi connectivity index (χ0n) is 15.2. The first-order valence-corrected chi connectivity index (χ1v) is 8.36. The predicted molar refractivity (Wildman–Crippen MR) is 92.5 cm³/mol. The molecule has 0 saturated heterocycles. The van der Waals surface area contributed by atoms with Gasteiger partial charge in [-0.3, -0.25) is 14.5 Å². The first-order chi connectivity index (χ1) is 14.0. The summed E-state index contributed by atoms with van der Waals surface area (Å²) < 4.78 is 79.8. The third-order valence-electron chi connectivity index (χ3n) is 4.19. The number of anilines is 1. The van der Waals surface area contributed by atoms with E-state index in [1.54, 1.807) is 0 Å². The topological polar surface area (TPSA) is 72.7 Å². The number of rotatable bonds is 4. The second-order valence-electron chi connectivity index (χ2n) is 6.23. The first-order valence-electron chi connectivity index (χ1n) is 8.36. The molecule has 0 aliphatic carbocycles. The van der Waals surface area contributed by atoms with Gasteiger partial charge in [0.25, 0.3) is 5.91 Å². The summed E-state index contributed by atoms with van der Waals surface area (Å²) in [7, 11) is 0. The van der Waals surface area contributed by atoms with Gasteiger partial charge in [-0.05, 0) is 24.6 Å². The molecule has 30 heavy (non-hydrogen) atoms. The molecule has 2 aromatic heterocycles. The van der Waals surface area contributed by atoms with Gasteiger partial charge >= 0.3 is 12.4 Å². The number of nitrogens with zero attached hydrogens (tertiary/aromatic N) is 4. The normalized spacial score (nSPS) is 13.2. The molecular weight excluding hydrogens is 416 g/mol. The SMILES string of the molecule is CC(c1ccc(C(F)(F)F)cc1C(F)(F)F)n1cc(NC(=O)c2cnccn2)cn1. The van der Waals surface area contributed by atoms with Crippen molar-refractivity contribution >= 4 is 11.6 Å². The summed E-state index contributed by atoms with van der Waals surface area (Å²) in [5.41, 5.74) is -3.03. The Bertz CT molecular complexity index is 1050. The van der Waals surface area contributed by atoms with Crippen LogP contribution in [0.4, 0.5) is 32.0 Å². The fourth-order valence-corrected chi connectivity index (χ4v) is 2.71. The Balaban J connectivity index is 1.88. The third kappa shape index (κ3) is 4.58. The van der Waals surface area contributed by atoms with E-state index in [9.17, 15) is 31.1 Å². The van der Waals surface area contributed by atoms with Crippen LogP contribution in [0, 0.1) is 0 Å². The lowest BCUT2D eigenvalue weighted by Crippen LogP contribution is -2.18. The van der Waals surface area contributed by atoms with Gasteiger partial charge in [0.05, 0.1) is 35.2 Å². The molecule has 0 radical (unpaired) electrons. The molecule has 0 bridgehead atoms. The fourth-order valence-electron chi connectivity index (χ4n) is 2.71. The van der Waals surface area contributed by atoms with Crippen molar-refractivity contribution in [1.82, 2.24) is 19.7 Å². The number of carbonyl (C=O) groups excluding carboxylic acids is 1. The Hall–Kier alpha value is -3.44. The van der Waals surface area contributed by atoms with Gasteiger partial charge in [-0.15, -0.1) is 0 Å². The maximum atomic E-state index is 13.4. The molecule has 1 aromatic carbocycles. The van der Waals surface area contributed by atoms with Crippen LogP contribution in [0.3, 0.4) is 0 Å². The highest BCUT2D eigenvalue weighted by molar-refractivity contribution is 6.02. The van der Waals surface area contributed by atoms with E-state index in [2.05, 4.69) is 20.4 Å². The van der Waals surface area contributed by atoms with Gasteiger partial charge in [0.15, 0.2) is 0 Å². The number of amides is 1. The summed E-state index contributed by atoms with van der Waals surface area (Å²) in [4.78, 5) is 19.6.